The van der Waals surface area contributed by atoms with Crippen LogP contribution in [0.1, 0.15) is 32.4 Å². The van der Waals surface area contributed by atoms with Crippen molar-refractivity contribution in [2.45, 2.75) is 39.2 Å². The van der Waals surface area contributed by atoms with Gasteiger partial charge in [-0.3, -0.25) is 14.4 Å². The van der Waals surface area contributed by atoms with Crippen molar-refractivity contribution in [3.63, 3.8) is 0 Å². The predicted octanol–water partition coefficient (Wildman–Crippen LogP) is 1.54. The molecule has 5 nitrogen and oxygen atoms in total. The molecule has 0 radical (unpaired) electrons. The number of aromatic nitrogens is 2. The molecule has 0 aliphatic carbocycles. The number of aryl methyl sites for hydroxylation is 1. The van der Waals surface area contributed by atoms with Gasteiger partial charge in [-0.25, -0.2) is 0 Å². The number of rotatable bonds is 4. The first kappa shape index (κ1) is 14.1. The van der Waals surface area contributed by atoms with Crippen molar-refractivity contribution in [3.05, 3.63) is 18.0 Å². The minimum atomic E-state index is -0.699. The predicted molar refractivity (Wildman–Crippen MR) is 72.9 cm³/mol. The van der Waals surface area contributed by atoms with Crippen LogP contribution in [0.15, 0.2) is 12.3 Å². The lowest BCUT2D eigenvalue weighted by atomic mass is 9.76. The number of likely N-dealkylation sites (tertiary alicyclic amines) is 1. The quantitative estimate of drug-likeness (QED) is 0.897. The fourth-order valence-electron chi connectivity index (χ4n) is 3.13. The van der Waals surface area contributed by atoms with Crippen LogP contribution in [0, 0.1) is 5.41 Å². The molecule has 0 aromatic carbocycles. The number of hydrogen-bond donors (Lipinski definition) is 1. The Morgan fingerprint density at radius 3 is 2.89 bits per heavy atom. The Labute approximate surface area is 114 Å². The van der Waals surface area contributed by atoms with Crippen LogP contribution in [0.5, 0.6) is 0 Å². The molecule has 1 aromatic rings. The zero-order chi connectivity index (χ0) is 14.0. The monoisotopic (exact) mass is 265 g/mol. The lowest BCUT2D eigenvalue weighted by Gasteiger charge is -2.44. The van der Waals surface area contributed by atoms with Crippen LogP contribution in [0.3, 0.4) is 0 Å². The van der Waals surface area contributed by atoms with Gasteiger partial charge < -0.3 is 5.11 Å². The molecule has 1 unspecified atom stereocenters. The highest BCUT2D eigenvalue weighted by Gasteiger charge is 2.42. The third-order valence-corrected chi connectivity index (χ3v) is 4.18. The lowest BCUT2D eigenvalue weighted by Crippen LogP contribution is -2.54. The van der Waals surface area contributed by atoms with Gasteiger partial charge in [-0.05, 0) is 30.9 Å². The van der Waals surface area contributed by atoms with Crippen LogP contribution in [0.2, 0.25) is 0 Å². The van der Waals surface area contributed by atoms with Gasteiger partial charge in [-0.15, -0.1) is 0 Å². The van der Waals surface area contributed by atoms with Crippen LogP contribution < -0.4 is 0 Å². The molecule has 5 heteroatoms. The Morgan fingerprint density at radius 1 is 1.58 bits per heavy atom. The third-order valence-electron chi connectivity index (χ3n) is 4.18. The largest absolute Gasteiger partial charge is 0.480 e. The first-order chi connectivity index (χ1) is 8.92. The van der Waals surface area contributed by atoms with E-state index < -0.39 is 5.97 Å². The summed E-state index contributed by atoms with van der Waals surface area (Å²) in [5.74, 6) is -0.699. The van der Waals surface area contributed by atoms with Crippen LogP contribution in [0.4, 0.5) is 0 Å². The van der Waals surface area contributed by atoms with Gasteiger partial charge in [0.25, 0.3) is 0 Å². The van der Waals surface area contributed by atoms with Gasteiger partial charge in [0.05, 0.1) is 0 Å². The van der Waals surface area contributed by atoms with Crippen LogP contribution in [-0.2, 0) is 18.3 Å². The van der Waals surface area contributed by atoms with Crippen molar-refractivity contribution in [2.75, 3.05) is 13.1 Å². The van der Waals surface area contributed by atoms with Gasteiger partial charge in [0, 0.05) is 31.9 Å². The molecule has 106 valence electrons. The maximum Gasteiger partial charge on any atom is 0.321 e. The van der Waals surface area contributed by atoms with Crippen molar-refractivity contribution in [1.29, 1.82) is 0 Å². The highest BCUT2D eigenvalue weighted by Crippen LogP contribution is 2.35. The van der Waals surface area contributed by atoms with Gasteiger partial charge in [-0.1, -0.05) is 13.8 Å². The Hall–Kier alpha value is -1.36. The van der Waals surface area contributed by atoms with Gasteiger partial charge >= 0.3 is 5.97 Å². The lowest BCUT2D eigenvalue weighted by molar-refractivity contribution is -0.150. The standard InChI is InChI=1S/C14H23N3O2/c1-14(2)7-4-9-17(12(14)13(18)19)10-6-11-5-8-15-16(11)3/h5,8,12H,4,6-7,9-10H2,1-3H3,(H,18,19). The molecule has 2 heterocycles. The van der Waals surface area contributed by atoms with Crippen molar-refractivity contribution in [1.82, 2.24) is 14.7 Å². The van der Waals surface area contributed by atoms with Gasteiger partial charge in [0.2, 0.25) is 0 Å². The molecule has 0 bridgehead atoms. The molecule has 0 amide bonds. The van der Waals surface area contributed by atoms with E-state index in [0.717, 1.165) is 38.0 Å². The molecule has 19 heavy (non-hydrogen) atoms. The summed E-state index contributed by atoms with van der Waals surface area (Å²) in [4.78, 5) is 13.7. The van der Waals surface area contributed by atoms with E-state index in [1.54, 1.807) is 6.20 Å². The van der Waals surface area contributed by atoms with Crippen LogP contribution in [0.25, 0.3) is 0 Å². The van der Waals surface area contributed by atoms with Gasteiger partial charge in [0.1, 0.15) is 6.04 Å². The second kappa shape index (κ2) is 5.33. The van der Waals surface area contributed by atoms with Crippen molar-refractivity contribution in [2.24, 2.45) is 12.5 Å². The van der Waals surface area contributed by atoms with E-state index in [1.165, 1.54) is 0 Å². The summed E-state index contributed by atoms with van der Waals surface area (Å²) < 4.78 is 1.85. The Kier molecular flexibility index (Phi) is 3.94. The Balaban J connectivity index is 2.05. The second-order valence-corrected chi connectivity index (χ2v) is 6.07. The SMILES string of the molecule is Cn1nccc1CCN1CCCC(C)(C)C1C(=O)O. The average molecular weight is 265 g/mol. The number of carboxylic acid groups (broad SMARTS) is 1. The summed E-state index contributed by atoms with van der Waals surface area (Å²) in [7, 11) is 1.92. The number of nitrogens with zero attached hydrogens (tertiary/aromatic N) is 3. The molecular formula is C14H23N3O2. The van der Waals surface area contributed by atoms with Crippen LogP contribution in [-0.4, -0.2) is 44.9 Å². The summed E-state index contributed by atoms with van der Waals surface area (Å²) >= 11 is 0. The van der Waals surface area contributed by atoms with E-state index in [9.17, 15) is 9.90 Å². The van der Waals surface area contributed by atoms with Crippen molar-refractivity contribution < 1.29 is 9.90 Å². The molecule has 1 atom stereocenters. The summed E-state index contributed by atoms with van der Waals surface area (Å²) in [5.41, 5.74) is 0.990. The normalized spacial score (nSPS) is 23.4. The molecule has 1 aliphatic heterocycles. The van der Waals surface area contributed by atoms with Crippen molar-refractivity contribution >= 4 is 5.97 Å². The number of hydrogen-bond acceptors (Lipinski definition) is 3. The molecule has 0 saturated carbocycles. The first-order valence-electron chi connectivity index (χ1n) is 6.85. The topological polar surface area (TPSA) is 58.4 Å². The van der Waals surface area contributed by atoms with Gasteiger partial charge in [-0.2, -0.15) is 5.10 Å². The van der Waals surface area contributed by atoms with E-state index in [0.29, 0.717) is 0 Å². The molecule has 2 rings (SSSR count). The second-order valence-electron chi connectivity index (χ2n) is 6.07. The third kappa shape index (κ3) is 2.97. The first-order valence-corrected chi connectivity index (χ1v) is 6.85. The molecule has 1 saturated heterocycles. The van der Waals surface area contributed by atoms with E-state index in [4.69, 9.17) is 0 Å². The zero-order valence-electron chi connectivity index (χ0n) is 12.0. The Morgan fingerprint density at radius 2 is 2.32 bits per heavy atom. The number of aliphatic carboxylic acids is 1. The minimum absolute atomic E-state index is 0.156. The molecule has 1 aromatic heterocycles. The smallest absolute Gasteiger partial charge is 0.321 e. The maximum atomic E-state index is 11.5. The number of carbonyl (C=O) groups is 1. The summed E-state index contributed by atoms with van der Waals surface area (Å²) in [6, 6.07) is 1.61. The van der Waals surface area contributed by atoms with Crippen LogP contribution >= 0.6 is 0 Å². The average Bonchev–Trinajstić information content (AvgIpc) is 2.70. The highest BCUT2D eigenvalue weighted by molar-refractivity contribution is 5.74. The fourth-order valence-corrected chi connectivity index (χ4v) is 3.13. The summed E-state index contributed by atoms with van der Waals surface area (Å²) in [5, 5.41) is 13.6. The van der Waals surface area contributed by atoms with Gasteiger partial charge in [0.15, 0.2) is 0 Å². The van der Waals surface area contributed by atoms with E-state index in [1.807, 2.05) is 17.8 Å². The molecule has 1 aliphatic rings. The fraction of sp³-hybridized carbons (Fsp3) is 0.714. The Bertz CT molecular complexity index is 453. The maximum absolute atomic E-state index is 11.5. The minimum Gasteiger partial charge on any atom is -0.480 e. The highest BCUT2D eigenvalue weighted by atomic mass is 16.4. The summed E-state index contributed by atoms with van der Waals surface area (Å²) in [6.45, 7) is 5.77. The summed E-state index contributed by atoms with van der Waals surface area (Å²) in [6.07, 6.45) is 4.68. The molecule has 0 spiro atoms. The molecule has 1 N–H and O–H groups in total. The van der Waals surface area contributed by atoms with Crippen molar-refractivity contribution in [3.8, 4) is 0 Å². The number of piperidine rings is 1. The molecular weight excluding hydrogens is 242 g/mol. The van der Waals surface area contributed by atoms with E-state index >= 15 is 0 Å². The zero-order valence-corrected chi connectivity index (χ0v) is 12.0. The van der Waals surface area contributed by atoms with E-state index in [2.05, 4.69) is 23.8 Å². The molecule has 1 fully saturated rings. The van der Waals surface area contributed by atoms with E-state index in [-0.39, 0.29) is 11.5 Å². The number of carboxylic acids is 1.